The van der Waals surface area contributed by atoms with E-state index in [9.17, 15) is 4.57 Å². The Labute approximate surface area is 56.5 Å². The van der Waals surface area contributed by atoms with Crippen molar-refractivity contribution in [3.63, 3.8) is 0 Å². The van der Waals surface area contributed by atoms with Gasteiger partial charge in [-0.05, 0) is 0 Å². The average Bonchev–Trinajstić information content (AvgIpc) is 1.83. The van der Waals surface area contributed by atoms with Crippen LogP contribution >= 0.6 is 20.5 Å². The van der Waals surface area contributed by atoms with Crippen LogP contribution in [0.15, 0.2) is 0 Å². The highest BCUT2D eigenvalue weighted by Crippen LogP contribution is 2.71. The van der Waals surface area contributed by atoms with Crippen LogP contribution in [0.25, 0.3) is 0 Å². The van der Waals surface area contributed by atoms with Gasteiger partial charge >= 0.3 is 7.82 Å². The van der Waals surface area contributed by atoms with Crippen molar-refractivity contribution in [2.24, 2.45) is 5.73 Å². The van der Waals surface area contributed by atoms with E-state index in [1.54, 1.807) is 0 Å². The van der Waals surface area contributed by atoms with Gasteiger partial charge in [-0.1, -0.05) is 0 Å². The number of thiol groups is 1. The van der Waals surface area contributed by atoms with Crippen LogP contribution in [-0.4, -0.2) is 11.3 Å². The van der Waals surface area contributed by atoms with Crippen LogP contribution < -0.4 is 5.73 Å². The lowest BCUT2D eigenvalue weighted by atomic mass is 10.6. The van der Waals surface area contributed by atoms with Gasteiger partial charge in [0.15, 0.2) is 0 Å². The summed E-state index contributed by atoms with van der Waals surface area (Å²) in [5.74, 6) is 0. The van der Waals surface area contributed by atoms with Gasteiger partial charge in [-0.25, -0.2) is 9.09 Å². The molecule has 0 aliphatic carbocycles. The van der Waals surface area contributed by atoms with Crippen LogP contribution in [0.1, 0.15) is 0 Å². The second kappa shape index (κ2) is 1.37. The van der Waals surface area contributed by atoms with E-state index in [-0.39, 0.29) is 0 Å². The molecule has 3 saturated heterocycles. The molecule has 0 spiro atoms. The number of fused-ring (bicyclic) bond motifs is 1. The van der Waals surface area contributed by atoms with Gasteiger partial charge in [0.25, 0.3) is 0 Å². The van der Waals surface area contributed by atoms with Crippen molar-refractivity contribution in [1.82, 2.24) is 0 Å². The van der Waals surface area contributed by atoms with Crippen LogP contribution in [0.3, 0.4) is 0 Å². The molecule has 0 aromatic heterocycles. The van der Waals surface area contributed by atoms with E-state index in [2.05, 4.69) is 26.2 Å². The van der Waals surface area contributed by atoms with Gasteiger partial charge in [0.1, 0.15) is 0 Å². The molecule has 3 aliphatic heterocycles. The summed E-state index contributed by atoms with van der Waals surface area (Å²) in [5.41, 5.74) is 5.27. The van der Waals surface area contributed by atoms with E-state index in [4.69, 9.17) is 5.73 Å². The fourth-order valence-electron chi connectivity index (χ4n) is 0.659. The number of hydrogen-bond acceptors (Lipinski definition) is 6. The van der Waals surface area contributed by atoms with Crippen molar-refractivity contribution in [2.45, 2.75) is 11.3 Å². The Morgan fingerprint density at radius 3 is 2.33 bits per heavy atom. The molecule has 3 rings (SSSR count). The summed E-state index contributed by atoms with van der Waals surface area (Å²) in [7, 11) is -3.22. The maximum Gasteiger partial charge on any atom is 0.482 e. The van der Waals surface area contributed by atoms with Crippen molar-refractivity contribution >= 4 is 20.5 Å². The molecule has 0 aromatic rings. The van der Waals surface area contributed by atoms with Crippen molar-refractivity contribution < 1.29 is 18.1 Å². The Kier molecular flexibility index (Phi) is 0.934. The summed E-state index contributed by atoms with van der Waals surface area (Å²) >= 11 is 3.77. The van der Waals surface area contributed by atoms with Gasteiger partial charge < -0.3 is 0 Å². The van der Waals surface area contributed by atoms with E-state index in [0.29, 0.717) is 0 Å². The zero-order valence-electron chi connectivity index (χ0n) is 4.18. The van der Waals surface area contributed by atoms with Crippen molar-refractivity contribution in [3.8, 4) is 0 Å². The molecular weight excluding hydrogens is 165 g/mol. The van der Waals surface area contributed by atoms with Crippen LogP contribution in [0.4, 0.5) is 0 Å². The Hall–Kier alpha value is 0.420. The smallest absolute Gasteiger partial charge is 0.290 e. The molecule has 2 bridgehead atoms. The summed E-state index contributed by atoms with van der Waals surface area (Å²) in [6, 6.07) is 0. The SMILES string of the molecule is NC1(S)OP2(=O)OC1O2. The Bertz CT molecular complexity index is 195. The third kappa shape index (κ3) is 0.690. The predicted molar refractivity (Wildman–Crippen MR) is 30.6 cm³/mol. The monoisotopic (exact) mass is 169 g/mol. The molecular formula is C2H4NO4PS. The first-order chi connectivity index (χ1) is 4.02. The molecule has 3 aliphatic rings. The molecule has 0 radical (unpaired) electrons. The second-order valence-electron chi connectivity index (χ2n) is 1.83. The third-order valence-corrected chi connectivity index (χ3v) is 2.92. The molecule has 1 unspecified atom stereocenters. The van der Waals surface area contributed by atoms with E-state index in [1.807, 2.05) is 0 Å². The molecule has 7 heteroatoms. The van der Waals surface area contributed by atoms with Gasteiger partial charge in [-0.2, -0.15) is 0 Å². The van der Waals surface area contributed by atoms with Crippen molar-refractivity contribution in [3.05, 3.63) is 0 Å². The van der Waals surface area contributed by atoms with Crippen molar-refractivity contribution in [1.29, 1.82) is 0 Å². The molecule has 0 aromatic carbocycles. The Balaban J connectivity index is 2.33. The first-order valence-electron chi connectivity index (χ1n) is 2.21. The topological polar surface area (TPSA) is 70.8 Å². The lowest BCUT2D eigenvalue weighted by molar-refractivity contribution is -0.0779. The van der Waals surface area contributed by atoms with Crippen LogP contribution in [0.5, 0.6) is 0 Å². The number of hydrogen-bond donors (Lipinski definition) is 2. The number of phosphoric ester groups is 1. The molecule has 3 heterocycles. The van der Waals surface area contributed by atoms with Crippen LogP contribution in [0, 0.1) is 0 Å². The maximum absolute atomic E-state index is 10.7. The normalized spacial score (nSPS) is 63.6. The lowest BCUT2D eigenvalue weighted by Gasteiger charge is -2.21. The maximum atomic E-state index is 10.7. The quantitative estimate of drug-likeness (QED) is 0.304. The zero-order valence-corrected chi connectivity index (χ0v) is 5.97. The number of phosphoric acid groups is 1. The number of rotatable bonds is 0. The minimum absolute atomic E-state index is 0.772. The van der Waals surface area contributed by atoms with Gasteiger partial charge in [0, 0.05) is 0 Å². The molecule has 3 fully saturated rings. The summed E-state index contributed by atoms with van der Waals surface area (Å²) in [5, 5.41) is -1.32. The van der Waals surface area contributed by atoms with Gasteiger partial charge in [0.05, 0.1) is 0 Å². The lowest BCUT2D eigenvalue weighted by Crippen LogP contribution is -2.42. The van der Waals surface area contributed by atoms with Crippen molar-refractivity contribution in [2.75, 3.05) is 0 Å². The van der Waals surface area contributed by atoms with Gasteiger partial charge in [-0.3, -0.25) is 14.8 Å². The largest absolute Gasteiger partial charge is 0.482 e. The Morgan fingerprint density at radius 1 is 1.67 bits per heavy atom. The summed E-state index contributed by atoms with van der Waals surface area (Å²) in [6.07, 6.45) is -0.772. The first-order valence-corrected chi connectivity index (χ1v) is 4.11. The van der Waals surface area contributed by atoms with Crippen LogP contribution in [0.2, 0.25) is 0 Å². The zero-order chi connectivity index (χ0) is 6.70. The summed E-state index contributed by atoms with van der Waals surface area (Å²) < 4.78 is 24.4. The number of nitrogens with two attached hydrogens (primary N) is 1. The first kappa shape index (κ1) is 6.15. The highest BCUT2D eigenvalue weighted by Gasteiger charge is 2.66. The van der Waals surface area contributed by atoms with E-state index in [0.717, 1.165) is 0 Å². The van der Waals surface area contributed by atoms with Gasteiger partial charge in [0.2, 0.25) is 11.3 Å². The fourth-order valence-corrected chi connectivity index (χ4v) is 2.56. The molecule has 5 nitrogen and oxygen atoms in total. The summed E-state index contributed by atoms with van der Waals surface area (Å²) in [6.45, 7) is 0. The fraction of sp³-hybridized carbons (Fsp3) is 1.00. The summed E-state index contributed by atoms with van der Waals surface area (Å²) in [4.78, 5) is 0. The minimum atomic E-state index is -3.22. The van der Waals surface area contributed by atoms with E-state index in [1.165, 1.54) is 0 Å². The predicted octanol–water partition coefficient (Wildman–Crippen LogP) is 0.0399. The van der Waals surface area contributed by atoms with Gasteiger partial charge in [-0.15, -0.1) is 12.6 Å². The minimum Gasteiger partial charge on any atom is -0.290 e. The Morgan fingerprint density at radius 2 is 2.22 bits per heavy atom. The molecule has 1 atom stereocenters. The van der Waals surface area contributed by atoms with E-state index >= 15 is 0 Å². The van der Waals surface area contributed by atoms with Crippen LogP contribution in [-0.2, 0) is 18.1 Å². The highest BCUT2D eigenvalue weighted by atomic mass is 32.1. The molecule has 52 valence electrons. The van der Waals surface area contributed by atoms with E-state index < -0.39 is 19.2 Å². The third-order valence-electron chi connectivity index (χ3n) is 1.05. The standard InChI is InChI=1S/C2H4NO4PS/c3-2(9)1-5-8(4,6-1)7-2/h1,9H,3H2. The molecule has 9 heavy (non-hydrogen) atoms. The second-order valence-corrected chi connectivity index (χ2v) is 4.03. The average molecular weight is 169 g/mol. The molecule has 0 amide bonds. The highest BCUT2D eigenvalue weighted by molar-refractivity contribution is 7.82. The molecule has 0 saturated carbocycles. The molecule has 2 N–H and O–H groups in total.